The summed E-state index contributed by atoms with van der Waals surface area (Å²) in [4.78, 5) is 28.0. The molecule has 0 saturated carbocycles. The van der Waals surface area contributed by atoms with Gasteiger partial charge in [-0.1, -0.05) is 17.3 Å². The van der Waals surface area contributed by atoms with Crippen LogP contribution in [-0.2, 0) is 22.7 Å². The average Bonchev–Trinajstić information content (AvgIpc) is 3.14. The Morgan fingerprint density at radius 1 is 1.41 bits per heavy atom. The lowest BCUT2D eigenvalue weighted by atomic mass is 10.1. The minimum Gasteiger partial charge on any atom is -0.364 e. The zero-order valence-corrected chi connectivity index (χ0v) is 14.8. The molecular formula is C18H20F2N4O3. The van der Waals surface area contributed by atoms with Gasteiger partial charge in [-0.05, 0) is 6.07 Å². The maximum absolute atomic E-state index is 14.0. The van der Waals surface area contributed by atoms with Crippen LogP contribution in [0, 0.1) is 11.6 Å². The van der Waals surface area contributed by atoms with Crippen molar-refractivity contribution in [3.63, 3.8) is 0 Å². The fraction of sp³-hybridized carbons (Fsp3) is 0.389. The number of hydrogen-bond acceptors (Lipinski definition) is 5. The predicted molar refractivity (Wildman–Crippen MR) is 91.2 cm³/mol. The minimum atomic E-state index is -0.936. The van der Waals surface area contributed by atoms with Crippen LogP contribution < -0.4 is 5.32 Å². The smallest absolute Gasteiger partial charge is 0.237 e. The van der Waals surface area contributed by atoms with Crippen LogP contribution in [-0.4, -0.2) is 52.9 Å². The van der Waals surface area contributed by atoms with Crippen molar-refractivity contribution in [1.29, 1.82) is 0 Å². The van der Waals surface area contributed by atoms with Gasteiger partial charge in [0, 0.05) is 38.3 Å². The van der Waals surface area contributed by atoms with Gasteiger partial charge < -0.3 is 14.7 Å². The lowest BCUT2D eigenvalue weighted by molar-refractivity contribution is -0.138. The van der Waals surface area contributed by atoms with E-state index in [4.69, 9.17) is 4.52 Å². The van der Waals surface area contributed by atoms with Crippen molar-refractivity contribution in [1.82, 2.24) is 20.3 Å². The molecule has 1 saturated heterocycles. The largest absolute Gasteiger partial charge is 0.364 e. The number of carbonyl (C=O) groups excluding carboxylic acids is 2. The summed E-state index contributed by atoms with van der Waals surface area (Å²) in [5, 5.41) is 6.47. The third-order valence-electron chi connectivity index (χ3n) is 4.53. The van der Waals surface area contributed by atoms with Crippen molar-refractivity contribution >= 4 is 11.8 Å². The first-order chi connectivity index (χ1) is 13.0. The molecule has 7 nitrogen and oxygen atoms in total. The van der Waals surface area contributed by atoms with E-state index in [0.29, 0.717) is 18.8 Å². The minimum absolute atomic E-state index is 0.0436. The van der Waals surface area contributed by atoms with Gasteiger partial charge in [-0.25, -0.2) is 8.78 Å². The third-order valence-corrected chi connectivity index (χ3v) is 4.53. The summed E-state index contributed by atoms with van der Waals surface area (Å²) >= 11 is 0. The Hall–Kier alpha value is -2.81. The SMILES string of the molecule is CN(Cc1ccon1)C(=O)C[C@H]1C(=O)NCCN1Cc1cccc(F)c1F. The van der Waals surface area contributed by atoms with Crippen LogP contribution in [0.5, 0.6) is 0 Å². The van der Waals surface area contributed by atoms with Crippen LogP contribution in [0.4, 0.5) is 8.78 Å². The van der Waals surface area contributed by atoms with Gasteiger partial charge in [-0.15, -0.1) is 0 Å². The lowest BCUT2D eigenvalue weighted by Crippen LogP contribution is -2.56. The number of hydrogen-bond donors (Lipinski definition) is 1. The molecule has 0 radical (unpaired) electrons. The number of carbonyl (C=O) groups is 2. The molecule has 1 aliphatic rings. The van der Waals surface area contributed by atoms with Gasteiger partial charge in [-0.2, -0.15) is 0 Å². The lowest BCUT2D eigenvalue weighted by Gasteiger charge is -2.35. The second-order valence-electron chi connectivity index (χ2n) is 6.43. The fourth-order valence-corrected chi connectivity index (χ4v) is 3.03. The summed E-state index contributed by atoms with van der Waals surface area (Å²) in [5.74, 6) is -2.43. The molecule has 144 valence electrons. The van der Waals surface area contributed by atoms with Gasteiger partial charge in [0.15, 0.2) is 11.6 Å². The highest BCUT2D eigenvalue weighted by molar-refractivity contribution is 5.88. The summed E-state index contributed by atoms with van der Waals surface area (Å²) in [5.41, 5.74) is 0.746. The summed E-state index contributed by atoms with van der Waals surface area (Å²) < 4.78 is 32.2. The molecule has 2 amide bonds. The second-order valence-corrected chi connectivity index (χ2v) is 6.43. The number of nitrogens with zero attached hydrogens (tertiary/aromatic N) is 3. The molecule has 1 atom stereocenters. The summed E-state index contributed by atoms with van der Waals surface area (Å²) in [7, 11) is 1.61. The summed E-state index contributed by atoms with van der Waals surface area (Å²) in [6.07, 6.45) is 1.34. The average molecular weight is 378 g/mol. The van der Waals surface area contributed by atoms with Crippen LogP contribution in [0.15, 0.2) is 35.1 Å². The number of amides is 2. The monoisotopic (exact) mass is 378 g/mol. The Morgan fingerprint density at radius 3 is 2.96 bits per heavy atom. The molecule has 1 fully saturated rings. The van der Waals surface area contributed by atoms with Gasteiger partial charge in [0.25, 0.3) is 0 Å². The maximum atomic E-state index is 14.0. The van der Waals surface area contributed by atoms with Crippen LogP contribution in [0.25, 0.3) is 0 Å². The number of aromatic nitrogens is 1. The van der Waals surface area contributed by atoms with Crippen LogP contribution in [0.3, 0.4) is 0 Å². The Morgan fingerprint density at radius 2 is 2.22 bits per heavy atom. The van der Waals surface area contributed by atoms with E-state index in [1.54, 1.807) is 18.0 Å². The molecule has 2 heterocycles. The van der Waals surface area contributed by atoms with Gasteiger partial charge >= 0.3 is 0 Å². The molecular weight excluding hydrogens is 358 g/mol. The van der Waals surface area contributed by atoms with Crippen molar-refractivity contribution in [2.24, 2.45) is 0 Å². The van der Waals surface area contributed by atoms with Crippen molar-refractivity contribution in [2.45, 2.75) is 25.6 Å². The van der Waals surface area contributed by atoms with Crippen LogP contribution in [0.2, 0.25) is 0 Å². The molecule has 1 aromatic carbocycles. The van der Waals surface area contributed by atoms with Crippen LogP contribution in [0.1, 0.15) is 17.7 Å². The molecule has 0 bridgehead atoms. The van der Waals surface area contributed by atoms with E-state index in [0.717, 1.165) is 6.07 Å². The van der Waals surface area contributed by atoms with Gasteiger partial charge in [0.1, 0.15) is 12.0 Å². The molecule has 9 heteroatoms. The highest BCUT2D eigenvalue weighted by atomic mass is 19.2. The first kappa shape index (κ1) is 19.0. The van der Waals surface area contributed by atoms with E-state index in [1.807, 2.05) is 0 Å². The van der Waals surface area contributed by atoms with Gasteiger partial charge in [0.05, 0.1) is 19.0 Å². The quantitative estimate of drug-likeness (QED) is 0.820. The van der Waals surface area contributed by atoms with E-state index < -0.39 is 17.7 Å². The first-order valence-electron chi connectivity index (χ1n) is 8.53. The molecule has 27 heavy (non-hydrogen) atoms. The maximum Gasteiger partial charge on any atom is 0.237 e. The molecule has 1 aliphatic heterocycles. The summed E-state index contributed by atoms with van der Waals surface area (Å²) in [6.45, 7) is 1.12. The normalized spacial score (nSPS) is 17.6. The molecule has 1 aromatic heterocycles. The predicted octanol–water partition coefficient (Wildman–Crippen LogP) is 1.30. The van der Waals surface area contributed by atoms with E-state index in [-0.39, 0.29) is 36.9 Å². The topological polar surface area (TPSA) is 78.7 Å². The summed E-state index contributed by atoms with van der Waals surface area (Å²) in [6, 6.07) is 4.83. The molecule has 0 unspecified atom stereocenters. The van der Waals surface area contributed by atoms with Gasteiger partial charge in [-0.3, -0.25) is 14.5 Å². The van der Waals surface area contributed by atoms with Crippen molar-refractivity contribution in [3.8, 4) is 0 Å². The van der Waals surface area contributed by atoms with E-state index >= 15 is 0 Å². The van der Waals surface area contributed by atoms with Gasteiger partial charge in [0.2, 0.25) is 11.8 Å². The Bertz CT molecular complexity index is 813. The molecule has 2 aromatic rings. The second kappa shape index (κ2) is 8.26. The first-order valence-corrected chi connectivity index (χ1v) is 8.53. The Balaban J connectivity index is 1.69. The van der Waals surface area contributed by atoms with Crippen molar-refractivity contribution in [3.05, 3.63) is 53.4 Å². The standard InChI is InChI=1S/C18H20F2N4O3/c1-23(11-13-5-8-27-22-13)16(25)9-15-18(26)21-6-7-24(15)10-12-3-2-4-14(19)17(12)20/h2-5,8,15H,6-7,9-11H2,1H3,(H,21,26)/t15-/m0/s1. The van der Waals surface area contributed by atoms with E-state index in [2.05, 4.69) is 10.5 Å². The number of halogens is 2. The highest BCUT2D eigenvalue weighted by Crippen LogP contribution is 2.18. The zero-order chi connectivity index (χ0) is 19.4. The number of rotatable bonds is 6. The molecule has 3 rings (SSSR count). The molecule has 0 aliphatic carbocycles. The molecule has 1 N–H and O–H groups in total. The third kappa shape index (κ3) is 4.48. The Kier molecular flexibility index (Phi) is 5.80. The van der Waals surface area contributed by atoms with Crippen LogP contribution >= 0.6 is 0 Å². The van der Waals surface area contributed by atoms with Crippen molar-refractivity contribution in [2.75, 3.05) is 20.1 Å². The number of nitrogens with one attached hydrogen (secondary N) is 1. The number of benzene rings is 1. The fourth-order valence-electron chi connectivity index (χ4n) is 3.03. The highest BCUT2D eigenvalue weighted by Gasteiger charge is 2.33. The zero-order valence-electron chi connectivity index (χ0n) is 14.8. The molecule has 0 spiro atoms. The van der Waals surface area contributed by atoms with E-state index in [9.17, 15) is 18.4 Å². The van der Waals surface area contributed by atoms with Crippen molar-refractivity contribution < 1.29 is 22.9 Å². The van der Waals surface area contributed by atoms with E-state index in [1.165, 1.54) is 23.3 Å². The Labute approximate surface area is 154 Å². The number of piperazine rings is 1.